The molecule has 128 valence electrons. The third-order valence-corrected chi connectivity index (χ3v) is 4.00. The van der Waals surface area contributed by atoms with Crippen LogP contribution in [0, 0.1) is 0 Å². The largest absolute Gasteiger partial charge is 0.467 e. The first-order valence-corrected chi connectivity index (χ1v) is 7.99. The van der Waals surface area contributed by atoms with Crippen molar-refractivity contribution in [1.29, 1.82) is 0 Å². The maximum Gasteiger partial charge on any atom is 0.239 e. The Bertz CT molecular complexity index is 661. The number of carbonyl (C=O) groups is 1. The minimum Gasteiger partial charge on any atom is -0.467 e. The summed E-state index contributed by atoms with van der Waals surface area (Å²) < 4.78 is 5.16. The van der Waals surface area contributed by atoms with Crippen LogP contribution >= 0.6 is 0 Å². The summed E-state index contributed by atoms with van der Waals surface area (Å²) >= 11 is 0. The predicted molar refractivity (Wildman–Crippen MR) is 88.5 cm³/mol. The lowest BCUT2D eigenvalue weighted by Gasteiger charge is -2.24. The zero-order chi connectivity index (χ0) is 16.8. The van der Waals surface area contributed by atoms with Gasteiger partial charge in [0.1, 0.15) is 23.7 Å². The van der Waals surface area contributed by atoms with Crippen molar-refractivity contribution >= 4 is 17.5 Å². The summed E-state index contributed by atoms with van der Waals surface area (Å²) in [7, 11) is 0. The van der Waals surface area contributed by atoms with Crippen LogP contribution < -0.4 is 15.5 Å². The molecule has 0 bridgehead atoms. The highest BCUT2D eigenvalue weighted by molar-refractivity contribution is 5.80. The first-order chi connectivity index (χ1) is 11.8. The quantitative estimate of drug-likeness (QED) is 0.688. The summed E-state index contributed by atoms with van der Waals surface area (Å²) in [5.41, 5.74) is 0. The van der Waals surface area contributed by atoms with Gasteiger partial charge in [-0.1, -0.05) is 0 Å². The Morgan fingerprint density at radius 3 is 3.17 bits per heavy atom. The Labute approximate surface area is 139 Å². The molecule has 8 nitrogen and oxygen atoms in total. The van der Waals surface area contributed by atoms with E-state index in [1.165, 1.54) is 6.33 Å². The lowest BCUT2D eigenvalue weighted by atomic mass is 10.2. The van der Waals surface area contributed by atoms with Gasteiger partial charge < -0.3 is 25.1 Å². The minimum absolute atomic E-state index is 0.101. The van der Waals surface area contributed by atoms with E-state index in [0.29, 0.717) is 18.1 Å². The maximum atomic E-state index is 11.8. The molecule has 1 aliphatic heterocycles. The molecular formula is C16H21N5O3. The van der Waals surface area contributed by atoms with E-state index in [1.807, 2.05) is 0 Å². The molecule has 1 fully saturated rings. The predicted octanol–water partition coefficient (Wildman–Crippen LogP) is 0.759. The third kappa shape index (κ3) is 4.02. The fourth-order valence-electron chi connectivity index (χ4n) is 2.76. The number of amides is 1. The molecule has 0 spiro atoms. The van der Waals surface area contributed by atoms with Crippen molar-refractivity contribution < 1.29 is 14.3 Å². The second kappa shape index (κ2) is 7.78. The third-order valence-electron chi connectivity index (χ3n) is 4.00. The summed E-state index contributed by atoms with van der Waals surface area (Å²) in [4.78, 5) is 22.3. The van der Waals surface area contributed by atoms with Crippen LogP contribution in [0.3, 0.4) is 0 Å². The van der Waals surface area contributed by atoms with Crippen LogP contribution in [0.4, 0.5) is 11.6 Å². The first-order valence-electron chi connectivity index (χ1n) is 7.99. The molecular weight excluding hydrogens is 310 g/mol. The molecule has 24 heavy (non-hydrogen) atoms. The summed E-state index contributed by atoms with van der Waals surface area (Å²) in [5.74, 6) is 1.90. The van der Waals surface area contributed by atoms with Gasteiger partial charge >= 0.3 is 0 Å². The summed E-state index contributed by atoms with van der Waals surface area (Å²) in [6.07, 6.45) is 5.02. The van der Waals surface area contributed by atoms with E-state index in [9.17, 15) is 9.90 Å². The molecule has 2 aromatic rings. The monoisotopic (exact) mass is 331 g/mol. The maximum absolute atomic E-state index is 11.8. The average Bonchev–Trinajstić information content (AvgIpc) is 3.29. The molecule has 0 saturated carbocycles. The Kier molecular flexibility index (Phi) is 5.27. The van der Waals surface area contributed by atoms with Crippen molar-refractivity contribution in [2.45, 2.75) is 25.4 Å². The fraction of sp³-hybridized carbons (Fsp3) is 0.438. The zero-order valence-corrected chi connectivity index (χ0v) is 13.3. The number of aromatic nitrogens is 2. The summed E-state index contributed by atoms with van der Waals surface area (Å²) in [5, 5.41) is 15.2. The van der Waals surface area contributed by atoms with E-state index in [0.717, 1.165) is 25.2 Å². The van der Waals surface area contributed by atoms with Gasteiger partial charge in [-0.2, -0.15) is 0 Å². The Morgan fingerprint density at radius 2 is 2.38 bits per heavy atom. The highest BCUT2D eigenvalue weighted by atomic mass is 16.3. The Morgan fingerprint density at radius 1 is 1.46 bits per heavy atom. The fourth-order valence-corrected chi connectivity index (χ4v) is 2.76. The van der Waals surface area contributed by atoms with Gasteiger partial charge in [0.25, 0.3) is 0 Å². The molecule has 3 N–H and O–H groups in total. The van der Waals surface area contributed by atoms with Gasteiger partial charge in [0.2, 0.25) is 5.91 Å². The number of aliphatic hydroxyl groups is 1. The summed E-state index contributed by atoms with van der Waals surface area (Å²) in [6, 6.07) is 5.48. The van der Waals surface area contributed by atoms with Gasteiger partial charge in [0, 0.05) is 12.6 Å². The van der Waals surface area contributed by atoms with E-state index < -0.39 is 0 Å². The Balaban J connectivity index is 1.52. The standard InChI is InChI=1S/C16H21N5O3/c22-10-12-3-1-5-21(12)15-7-14(19-11-20-15)17-9-16(23)18-8-13-4-2-6-24-13/h2,4,6-7,11-12,22H,1,3,5,8-10H2,(H,18,23)(H,17,19,20). The van der Waals surface area contributed by atoms with Crippen molar-refractivity contribution in [1.82, 2.24) is 15.3 Å². The number of aliphatic hydroxyl groups excluding tert-OH is 1. The van der Waals surface area contributed by atoms with Crippen molar-refractivity contribution in [2.75, 3.05) is 29.9 Å². The van der Waals surface area contributed by atoms with Gasteiger partial charge in [-0.05, 0) is 25.0 Å². The molecule has 1 unspecified atom stereocenters. The SMILES string of the molecule is O=C(CNc1cc(N2CCCC2CO)ncn1)NCc1ccco1. The van der Waals surface area contributed by atoms with Gasteiger partial charge in [-0.3, -0.25) is 4.79 Å². The van der Waals surface area contributed by atoms with Crippen LogP contribution in [0.15, 0.2) is 35.2 Å². The van der Waals surface area contributed by atoms with Crippen LogP contribution in [0.25, 0.3) is 0 Å². The van der Waals surface area contributed by atoms with Crippen LogP contribution in [-0.4, -0.2) is 46.7 Å². The minimum atomic E-state index is -0.152. The lowest BCUT2D eigenvalue weighted by Crippen LogP contribution is -2.33. The molecule has 1 aliphatic rings. The van der Waals surface area contributed by atoms with Crippen LogP contribution in [0.1, 0.15) is 18.6 Å². The molecule has 1 atom stereocenters. The molecule has 3 heterocycles. The smallest absolute Gasteiger partial charge is 0.239 e. The van der Waals surface area contributed by atoms with Crippen molar-refractivity contribution in [2.24, 2.45) is 0 Å². The average molecular weight is 331 g/mol. The number of furan rings is 1. The topological polar surface area (TPSA) is 104 Å². The molecule has 8 heteroatoms. The molecule has 0 aliphatic carbocycles. The highest BCUT2D eigenvalue weighted by Gasteiger charge is 2.25. The van der Waals surface area contributed by atoms with Crippen molar-refractivity contribution in [3.05, 3.63) is 36.5 Å². The molecule has 2 aromatic heterocycles. The van der Waals surface area contributed by atoms with E-state index in [-0.39, 0.29) is 25.1 Å². The highest BCUT2D eigenvalue weighted by Crippen LogP contribution is 2.24. The number of hydrogen-bond acceptors (Lipinski definition) is 7. The second-order valence-corrected chi connectivity index (χ2v) is 5.64. The molecule has 1 amide bonds. The first kappa shape index (κ1) is 16.3. The van der Waals surface area contributed by atoms with Gasteiger partial charge in [-0.15, -0.1) is 0 Å². The van der Waals surface area contributed by atoms with Crippen LogP contribution in [-0.2, 0) is 11.3 Å². The van der Waals surface area contributed by atoms with Gasteiger partial charge in [-0.25, -0.2) is 9.97 Å². The number of rotatable bonds is 7. The number of carbonyl (C=O) groups excluding carboxylic acids is 1. The van der Waals surface area contributed by atoms with Crippen molar-refractivity contribution in [3.63, 3.8) is 0 Å². The van der Waals surface area contributed by atoms with Gasteiger partial charge in [0.05, 0.1) is 32.0 Å². The molecule has 0 radical (unpaired) electrons. The van der Waals surface area contributed by atoms with E-state index in [1.54, 1.807) is 24.5 Å². The normalized spacial score (nSPS) is 17.0. The van der Waals surface area contributed by atoms with Crippen LogP contribution in [0.5, 0.6) is 0 Å². The molecule has 0 aromatic carbocycles. The number of hydrogen-bond donors (Lipinski definition) is 3. The second-order valence-electron chi connectivity index (χ2n) is 5.64. The van der Waals surface area contributed by atoms with E-state index in [2.05, 4.69) is 25.5 Å². The van der Waals surface area contributed by atoms with Crippen molar-refractivity contribution in [3.8, 4) is 0 Å². The van der Waals surface area contributed by atoms with E-state index >= 15 is 0 Å². The number of anilines is 2. The van der Waals surface area contributed by atoms with Crippen LogP contribution in [0.2, 0.25) is 0 Å². The Hall–Kier alpha value is -2.61. The molecule has 1 saturated heterocycles. The van der Waals surface area contributed by atoms with E-state index in [4.69, 9.17) is 4.42 Å². The van der Waals surface area contributed by atoms with Gasteiger partial charge in [0.15, 0.2) is 0 Å². The summed E-state index contributed by atoms with van der Waals surface area (Å²) in [6.45, 7) is 1.45. The molecule has 3 rings (SSSR count). The zero-order valence-electron chi connectivity index (χ0n) is 13.3. The lowest BCUT2D eigenvalue weighted by molar-refractivity contribution is -0.119. The number of nitrogens with one attached hydrogen (secondary N) is 2. The number of nitrogens with zero attached hydrogens (tertiary/aromatic N) is 3.